The van der Waals surface area contributed by atoms with E-state index < -0.39 is 5.97 Å². The van der Waals surface area contributed by atoms with Gasteiger partial charge in [0.1, 0.15) is 0 Å². The molecule has 0 spiro atoms. The predicted octanol–water partition coefficient (Wildman–Crippen LogP) is 1.37. The standard InChI is InChI=1S/C15H19N3O3/c1-17-7-3-4-10(8-17)9-18-12-6-2-5-11(14(19)20)13(12)16-15(18)21/h2,5-6,10H,3-4,7-9H2,1H3,(H,16,21)(H,19,20). The third-order valence-electron chi connectivity index (χ3n) is 4.20. The minimum atomic E-state index is -1.02. The highest BCUT2D eigenvalue weighted by atomic mass is 16.4. The van der Waals surface area contributed by atoms with Gasteiger partial charge in [-0.3, -0.25) is 4.57 Å². The minimum absolute atomic E-state index is 0.143. The van der Waals surface area contributed by atoms with Gasteiger partial charge in [0.25, 0.3) is 0 Å². The summed E-state index contributed by atoms with van der Waals surface area (Å²) < 4.78 is 1.67. The highest BCUT2D eigenvalue weighted by molar-refractivity contribution is 6.00. The van der Waals surface area contributed by atoms with E-state index in [1.165, 1.54) is 6.07 Å². The molecule has 1 aliphatic heterocycles. The van der Waals surface area contributed by atoms with E-state index in [2.05, 4.69) is 16.9 Å². The number of nitrogens with one attached hydrogen (secondary N) is 1. The molecule has 0 bridgehead atoms. The van der Waals surface area contributed by atoms with Crippen molar-refractivity contribution < 1.29 is 9.90 Å². The summed E-state index contributed by atoms with van der Waals surface area (Å²) in [6.45, 7) is 2.70. The molecule has 6 heteroatoms. The van der Waals surface area contributed by atoms with Crippen molar-refractivity contribution in [3.05, 3.63) is 34.2 Å². The average Bonchev–Trinajstić information content (AvgIpc) is 2.75. The molecule has 112 valence electrons. The fourth-order valence-electron chi connectivity index (χ4n) is 3.22. The Bertz CT molecular complexity index is 731. The first kappa shape index (κ1) is 13.9. The zero-order valence-corrected chi connectivity index (χ0v) is 12.0. The number of para-hydroxylation sites is 1. The first-order chi connectivity index (χ1) is 10.1. The number of likely N-dealkylation sites (tertiary alicyclic amines) is 1. The average molecular weight is 289 g/mol. The highest BCUT2D eigenvalue weighted by Gasteiger charge is 2.20. The lowest BCUT2D eigenvalue weighted by atomic mass is 9.98. The van der Waals surface area contributed by atoms with Gasteiger partial charge in [0, 0.05) is 13.1 Å². The number of carbonyl (C=O) groups is 1. The number of aromatic amines is 1. The quantitative estimate of drug-likeness (QED) is 0.894. The maximum absolute atomic E-state index is 12.2. The molecule has 1 fully saturated rings. The number of H-pyrrole nitrogens is 1. The number of aromatic nitrogens is 2. The summed E-state index contributed by atoms with van der Waals surface area (Å²) in [6.07, 6.45) is 2.24. The van der Waals surface area contributed by atoms with E-state index in [4.69, 9.17) is 0 Å². The first-order valence-corrected chi connectivity index (χ1v) is 7.19. The SMILES string of the molecule is CN1CCCC(Cn2c(=O)[nH]c3c(C(=O)O)cccc32)C1. The number of piperidine rings is 1. The van der Waals surface area contributed by atoms with Crippen LogP contribution in [0.15, 0.2) is 23.0 Å². The summed E-state index contributed by atoms with van der Waals surface area (Å²) in [5, 5.41) is 9.20. The fraction of sp³-hybridized carbons (Fsp3) is 0.467. The van der Waals surface area contributed by atoms with Gasteiger partial charge in [0.15, 0.2) is 0 Å². The second kappa shape index (κ2) is 5.37. The number of imidazole rings is 1. The molecule has 21 heavy (non-hydrogen) atoms. The second-order valence-electron chi connectivity index (χ2n) is 5.82. The Balaban J connectivity index is 1.99. The van der Waals surface area contributed by atoms with Gasteiger partial charge in [0.05, 0.1) is 16.6 Å². The van der Waals surface area contributed by atoms with Gasteiger partial charge in [-0.2, -0.15) is 0 Å². The van der Waals surface area contributed by atoms with Gasteiger partial charge in [-0.15, -0.1) is 0 Å². The Kier molecular flexibility index (Phi) is 3.55. The van der Waals surface area contributed by atoms with Gasteiger partial charge < -0.3 is 15.0 Å². The molecule has 1 unspecified atom stereocenters. The van der Waals surface area contributed by atoms with Crippen molar-refractivity contribution in [3.63, 3.8) is 0 Å². The van der Waals surface area contributed by atoms with Crippen molar-refractivity contribution >= 4 is 17.0 Å². The van der Waals surface area contributed by atoms with Gasteiger partial charge in [0.2, 0.25) is 0 Å². The summed E-state index contributed by atoms with van der Waals surface area (Å²) in [5.74, 6) is -0.597. The Hall–Kier alpha value is -2.08. The molecule has 1 aromatic heterocycles. The van der Waals surface area contributed by atoms with Crippen LogP contribution in [0, 0.1) is 5.92 Å². The Morgan fingerprint density at radius 3 is 3.00 bits per heavy atom. The van der Waals surface area contributed by atoms with E-state index in [0.717, 1.165) is 25.9 Å². The van der Waals surface area contributed by atoms with Gasteiger partial charge in [-0.25, -0.2) is 9.59 Å². The number of hydrogen-bond acceptors (Lipinski definition) is 3. The van der Waals surface area contributed by atoms with E-state index in [0.29, 0.717) is 23.5 Å². The Morgan fingerprint density at radius 2 is 2.29 bits per heavy atom. The summed E-state index contributed by atoms with van der Waals surface area (Å²) in [5.41, 5.74) is 1.00. The number of carboxylic acids is 1. The van der Waals surface area contributed by atoms with Crippen LogP contribution in [0.4, 0.5) is 0 Å². The minimum Gasteiger partial charge on any atom is -0.478 e. The van der Waals surface area contributed by atoms with Crippen LogP contribution in [0.3, 0.4) is 0 Å². The number of benzene rings is 1. The molecule has 2 heterocycles. The Morgan fingerprint density at radius 1 is 1.48 bits per heavy atom. The summed E-state index contributed by atoms with van der Waals surface area (Å²) in [7, 11) is 2.09. The molecule has 6 nitrogen and oxygen atoms in total. The summed E-state index contributed by atoms with van der Waals surface area (Å²) in [4.78, 5) is 28.4. The van der Waals surface area contributed by atoms with E-state index in [-0.39, 0.29) is 11.3 Å². The zero-order valence-electron chi connectivity index (χ0n) is 12.0. The zero-order chi connectivity index (χ0) is 15.0. The van der Waals surface area contributed by atoms with Crippen molar-refractivity contribution in [1.82, 2.24) is 14.5 Å². The van der Waals surface area contributed by atoms with E-state index in [9.17, 15) is 14.7 Å². The lowest BCUT2D eigenvalue weighted by Gasteiger charge is -2.29. The van der Waals surface area contributed by atoms with Crippen LogP contribution in [-0.4, -0.2) is 45.7 Å². The largest absolute Gasteiger partial charge is 0.478 e. The van der Waals surface area contributed by atoms with Gasteiger partial charge in [-0.1, -0.05) is 6.07 Å². The molecule has 3 rings (SSSR count). The number of nitrogens with zero attached hydrogens (tertiary/aromatic N) is 2. The summed E-state index contributed by atoms with van der Waals surface area (Å²) >= 11 is 0. The van der Waals surface area contributed by atoms with Crippen molar-refractivity contribution in [2.75, 3.05) is 20.1 Å². The van der Waals surface area contributed by atoms with Crippen molar-refractivity contribution in [3.8, 4) is 0 Å². The van der Waals surface area contributed by atoms with E-state index in [1.807, 2.05) is 0 Å². The second-order valence-corrected chi connectivity index (χ2v) is 5.82. The molecule has 0 amide bonds. The van der Waals surface area contributed by atoms with Gasteiger partial charge in [-0.05, 0) is 44.5 Å². The molecule has 0 aliphatic carbocycles. The lowest BCUT2D eigenvalue weighted by Crippen LogP contribution is -2.35. The molecule has 1 aromatic carbocycles. The lowest BCUT2D eigenvalue weighted by molar-refractivity contribution is 0.0699. The normalized spacial score (nSPS) is 20.0. The number of rotatable bonds is 3. The molecule has 0 radical (unpaired) electrons. The summed E-state index contributed by atoms with van der Waals surface area (Å²) in [6, 6.07) is 4.99. The van der Waals surface area contributed by atoms with Crippen LogP contribution in [0.5, 0.6) is 0 Å². The maximum Gasteiger partial charge on any atom is 0.337 e. The number of hydrogen-bond donors (Lipinski definition) is 2. The monoisotopic (exact) mass is 289 g/mol. The molecule has 2 N–H and O–H groups in total. The predicted molar refractivity (Wildman–Crippen MR) is 79.7 cm³/mol. The highest BCUT2D eigenvalue weighted by Crippen LogP contribution is 2.20. The van der Waals surface area contributed by atoms with Crippen LogP contribution in [0.1, 0.15) is 23.2 Å². The molecule has 0 saturated carbocycles. The third kappa shape index (κ3) is 2.58. The Labute approximate surface area is 122 Å². The van der Waals surface area contributed by atoms with Crippen LogP contribution in [-0.2, 0) is 6.54 Å². The van der Waals surface area contributed by atoms with Gasteiger partial charge >= 0.3 is 11.7 Å². The number of aromatic carboxylic acids is 1. The fourth-order valence-corrected chi connectivity index (χ4v) is 3.22. The number of carboxylic acid groups (broad SMARTS) is 1. The molecular formula is C15H19N3O3. The molecule has 1 saturated heterocycles. The van der Waals surface area contributed by atoms with E-state index in [1.54, 1.807) is 16.7 Å². The van der Waals surface area contributed by atoms with Crippen LogP contribution in [0.25, 0.3) is 11.0 Å². The molecule has 1 atom stereocenters. The first-order valence-electron chi connectivity index (χ1n) is 7.19. The van der Waals surface area contributed by atoms with Crippen molar-refractivity contribution in [2.45, 2.75) is 19.4 Å². The maximum atomic E-state index is 12.2. The molecule has 1 aliphatic rings. The van der Waals surface area contributed by atoms with Crippen LogP contribution in [0.2, 0.25) is 0 Å². The van der Waals surface area contributed by atoms with Crippen molar-refractivity contribution in [1.29, 1.82) is 0 Å². The van der Waals surface area contributed by atoms with E-state index >= 15 is 0 Å². The van der Waals surface area contributed by atoms with Crippen LogP contribution >= 0.6 is 0 Å². The topological polar surface area (TPSA) is 78.3 Å². The van der Waals surface area contributed by atoms with Crippen LogP contribution < -0.4 is 5.69 Å². The smallest absolute Gasteiger partial charge is 0.337 e. The number of fused-ring (bicyclic) bond motifs is 1. The van der Waals surface area contributed by atoms with Crippen molar-refractivity contribution in [2.24, 2.45) is 5.92 Å². The third-order valence-corrected chi connectivity index (χ3v) is 4.20. The molecular weight excluding hydrogens is 270 g/mol. The molecule has 2 aromatic rings.